The third-order valence-electron chi connectivity index (χ3n) is 2.03. The highest BCUT2D eigenvalue weighted by molar-refractivity contribution is 7.69. The summed E-state index contributed by atoms with van der Waals surface area (Å²) in [6.07, 6.45) is 0. The molecule has 1 aliphatic heterocycles. The van der Waals surface area contributed by atoms with Crippen LogP contribution >= 0.6 is 7.94 Å². The van der Waals surface area contributed by atoms with Crippen molar-refractivity contribution in [2.75, 3.05) is 26.4 Å². The Morgan fingerprint density at radius 1 is 1.20 bits per heavy atom. The molecule has 1 saturated heterocycles. The second-order valence-electron chi connectivity index (χ2n) is 3.06. The van der Waals surface area contributed by atoms with E-state index < -0.39 is 7.94 Å². The van der Waals surface area contributed by atoms with E-state index in [0.717, 1.165) is 5.30 Å². The van der Waals surface area contributed by atoms with Crippen LogP contribution in [0.15, 0.2) is 30.3 Å². The lowest BCUT2D eigenvalue weighted by atomic mass is 10.4. The lowest BCUT2D eigenvalue weighted by Crippen LogP contribution is -2.15. The van der Waals surface area contributed by atoms with Gasteiger partial charge in [-0.25, -0.2) is 0 Å². The molecule has 4 nitrogen and oxygen atoms in total. The Morgan fingerprint density at radius 3 is 2.47 bits per heavy atom. The minimum atomic E-state index is -2.38. The highest BCUT2D eigenvalue weighted by Gasteiger charge is 2.52. The van der Waals surface area contributed by atoms with E-state index in [-0.39, 0.29) is 13.2 Å². The highest BCUT2D eigenvalue weighted by atomic mass is 31.2. The van der Waals surface area contributed by atoms with Crippen molar-refractivity contribution in [3.05, 3.63) is 30.3 Å². The fourth-order valence-electron chi connectivity index (χ4n) is 1.42. The van der Waals surface area contributed by atoms with Gasteiger partial charge in [0.1, 0.15) is 19.8 Å². The Morgan fingerprint density at radius 2 is 1.87 bits per heavy atom. The van der Waals surface area contributed by atoms with Crippen LogP contribution in [0.4, 0.5) is 0 Å². The first kappa shape index (κ1) is 11.0. The summed E-state index contributed by atoms with van der Waals surface area (Å²) in [6.45, 7) is 1.31. The van der Waals surface area contributed by atoms with Gasteiger partial charge in [-0.15, -0.1) is 0 Å². The van der Waals surface area contributed by atoms with E-state index in [4.69, 9.17) is 18.7 Å². The Labute approximate surface area is 89.4 Å². The summed E-state index contributed by atoms with van der Waals surface area (Å²) in [4.78, 5) is 0. The van der Waals surface area contributed by atoms with E-state index >= 15 is 0 Å². The zero-order valence-electron chi connectivity index (χ0n) is 8.33. The van der Waals surface area contributed by atoms with Crippen LogP contribution in [0.1, 0.15) is 0 Å². The van der Waals surface area contributed by atoms with Gasteiger partial charge in [0.05, 0.1) is 6.61 Å². The first-order chi connectivity index (χ1) is 7.37. The third-order valence-corrected chi connectivity index (χ3v) is 4.53. The van der Waals surface area contributed by atoms with E-state index in [1.54, 1.807) is 0 Å². The van der Waals surface area contributed by atoms with Crippen molar-refractivity contribution in [1.29, 1.82) is 0 Å². The van der Waals surface area contributed by atoms with Crippen molar-refractivity contribution in [2.45, 2.75) is 0 Å². The average molecular weight is 229 g/mol. The number of aliphatic hydroxyl groups is 1. The molecule has 1 aromatic carbocycles. The minimum absolute atomic E-state index is 0.0265. The molecule has 0 amide bonds. The quantitative estimate of drug-likeness (QED) is 0.786. The van der Waals surface area contributed by atoms with Gasteiger partial charge in [-0.1, -0.05) is 18.2 Å². The molecule has 0 bridgehead atoms. The molecule has 1 aliphatic rings. The maximum atomic E-state index is 8.77. The Hall–Kier alpha value is -0.510. The van der Waals surface area contributed by atoms with Gasteiger partial charge in [0, 0.05) is 0 Å². The number of rotatable bonds is 4. The van der Waals surface area contributed by atoms with Crippen LogP contribution in [0.2, 0.25) is 0 Å². The molecule has 82 valence electrons. The van der Waals surface area contributed by atoms with E-state index in [0.29, 0.717) is 13.2 Å². The van der Waals surface area contributed by atoms with Crippen LogP contribution in [0.25, 0.3) is 0 Å². The van der Waals surface area contributed by atoms with Crippen LogP contribution in [-0.4, -0.2) is 31.5 Å². The van der Waals surface area contributed by atoms with Crippen molar-refractivity contribution in [3.63, 3.8) is 0 Å². The van der Waals surface area contributed by atoms with Crippen molar-refractivity contribution >= 4 is 13.2 Å². The van der Waals surface area contributed by atoms with E-state index in [9.17, 15) is 0 Å². The molecule has 2 rings (SSSR count). The topological polar surface area (TPSA) is 47.9 Å². The molecule has 0 radical (unpaired) electrons. The first-order valence-corrected chi connectivity index (χ1v) is 6.41. The van der Waals surface area contributed by atoms with Gasteiger partial charge < -0.3 is 5.11 Å². The summed E-state index contributed by atoms with van der Waals surface area (Å²) in [5, 5.41) is 9.70. The average Bonchev–Trinajstić information content (AvgIpc) is 2.78. The summed E-state index contributed by atoms with van der Waals surface area (Å²) in [6, 6.07) is 9.63. The predicted octanol–water partition coefficient (Wildman–Crippen LogP) is 1.13. The van der Waals surface area contributed by atoms with Gasteiger partial charge in [0.15, 0.2) is 5.30 Å². The molecule has 1 fully saturated rings. The molecule has 1 aromatic rings. The van der Waals surface area contributed by atoms with E-state index in [2.05, 4.69) is 0 Å². The van der Waals surface area contributed by atoms with Crippen LogP contribution in [0, 0.1) is 0 Å². The molecule has 0 spiro atoms. The smallest absolute Gasteiger partial charge is 0.394 e. The molecule has 15 heavy (non-hydrogen) atoms. The molecular formula is C10H14O4P+. The summed E-state index contributed by atoms with van der Waals surface area (Å²) in [7, 11) is -2.38. The fraction of sp³-hybridized carbons (Fsp3) is 0.400. The maximum absolute atomic E-state index is 8.77. The van der Waals surface area contributed by atoms with Gasteiger partial charge in [0.2, 0.25) is 0 Å². The van der Waals surface area contributed by atoms with Crippen molar-refractivity contribution in [2.24, 2.45) is 0 Å². The number of aliphatic hydroxyl groups excluding tert-OH is 1. The first-order valence-electron chi connectivity index (χ1n) is 4.86. The SMILES string of the molecule is OCCO[P+]1(c2ccccc2)OCCO1. The fourth-order valence-corrected chi connectivity index (χ4v) is 3.58. The summed E-state index contributed by atoms with van der Waals surface area (Å²) in [5.74, 6) is 0. The zero-order valence-corrected chi connectivity index (χ0v) is 9.23. The van der Waals surface area contributed by atoms with Gasteiger partial charge in [-0.2, -0.15) is 13.6 Å². The molecular weight excluding hydrogens is 215 g/mol. The standard InChI is InChI=1S/C10H14O4P/c11-6-7-12-15(13-8-9-14-15)10-4-2-1-3-5-10/h1-5,11H,6-9H2/q+1. The van der Waals surface area contributed by atoms with Crippen LogP contribution < -0.4 is 5.30 Å². The Kier molecular flexibility index (Phi) is 3.67. The minimum Gasteiger partial charge on any atom is -0.394 e. The van der Waals surface area contributed by atoms with E-state index in [1.807, 2.05) is 30.3 Å². The lowest BCUT2D eigenvalue weighted by Gasteiger charge is -2.14. The third kappa shape index (κ3) is 2.36. The van der Waals surface area contributed by atoms with Gasteiger partial charge in [0.25, 0.3) is 0 Å². The van der Waals surface area contributed by atoms with Crippen LogP contribution in [0.5, 0.6) is 0 Å². The molecule has 0 aromatic heterocycles. The van der Waals surface area contributed by atoms with Gasteiger partial charge in [-0.05, 0) is 12.1 Å². The van der Waals surface area contributed by atoms with Gasteiger partial charge in [-0.3, -0.25) is 0 Å². The number of hydrogen-bond acceptors (Lipinski definition) is 4. The second kappa shape index (κ2) is 5.01. The Balaban J connectivity index is 2.19. The zero-order chi connectivity index (χ0) is 10.6. The van der Waals surface area contributed by atoms with E-state index in [1.165, 1.54) is 0 Å². The molecule has 0 atom stereocenters. The summed E-state index contributed by atoms with van der Waals surface area (Å²) >= 11 is 0. The second-order valence-corrected chi connectivity index (χ2v) is 5.34. The molecule has 1 N–H and O–H groups in total. The lowest BCUT2D eigenvalue weighted by molar-refractivity contribution is 0.171. The predicted molar refractivity (Wildman–Crippen MR) is 57.9 cm³/mol. The number of hydrogen-bond donors (Lipinski definition) is 1. The molecule has 1 heterocycles. The van der Waals surface area contributed by atoms with Gasteiger partial charge >= 0.3 is 7.94 Å². The molecule has 0 saturated carbocycles. The highest BCUT2D eigenvalue weighted by Crippen LogP contribution is 2.63. The van der Waals surface area contributed by atoms with Crippen molar-refractivity contribution in [1.82, 2.24) is 0 Å². The van der Waals surface area contributed by atoms with Crippen molar-refractivity contribution in [3.8, 4) is 0 Å². The normalized spacial score (nSPS) is 19.3. The largest absolute Gasteiger partial charge is 0.448 e. The monoisotopic (exact) mass is 229 g/mol. The van der Waals surface area contributed by atoms with Crippen LogP contribution in [0.3, 0.4) is 0 Å². The summed E-state index contributed by atoms with van der Waals surface area (Å²) in [5.41, 5.74) is 0. The van der Waals surface area contributed by atoms with Crippen molar-refractivity contribution < 1.29 is 18.7 Å². The molecule has 0 aliphatic carbocycles. The number of benzene rings is 1. The Bertz CT molecular complexity index is 298. The summed E-state index contributed by atoms with van der Waals surface area (Å²) < 4.78 is 16.7. The van der Waals surface area contributed by atoms with Crippen LogP contribution in [-0.2, 0) is 13.6 Å². The molecule has 0 unspecified atom stereocenters. The molecule has 5 heteroatoms. The maximum Gasteiger partial charge on any atom is 0.448 e.